The number of carbonyl (C=O) groups excluding carboxylic acids is 3. The topological polar surface area (TPSA) is 160 Å². The number of anilines is 1. The summed E-state index contributed by atoms with van der Waals surface area (Å²) in [7, 11) is 0. The number of carbonyl (C=O) groups is 3. The first-order chi connectivity index (χ1) is 19.4. The Kier molecular flexibility index (Phi) is 13.3. The third-order valence-corrected chi connectivity index (χ3v) is 7.60. The van der Waals surface area contributed by atoms with Crippen LogP contribution in [0.15, 0.2) is 36.5 Å². The van der Waals surface area contributed by atoms with Crippen molar-refractivity contribution in [1.29, 1.82) is 0 Å². The Morgan fingerprint density at radius 2 is 1.65 bits per heavy atom. The monoisotopic (exact) mass is 571 g/mol. The second kappa shape index (κ2) is 17.2. The fraction of sp³-hybridized carbons (Fsp3) is 0.536. The number of ether oxygens (including phenoxy) is 1. The molecule has 0 aliphatic carbocycles. The van der Waals surface area contributed by atoms with Crippen LogP contribution >= 0.6 is 11.8 Å². The van der Waals surface area contributed by atoms with Crippen molar-refractivity contribution >= 4 is 35.4 Å². The normalized spacial score (nSPS) is 17.1. The number of nitrogens with two attached hydrogens (primary N) is 1. The first-order valence-corrected chi connectivity index (χ1v) is 15.1. The molecule has 40 heavy (non-hydrogen) atoms. The molecule has 12 heteroatoms. The molecule has 218 valence electrons. The molecule has 2 unspecified atom stereocenters. The number of nitrogens with zero attached hydrogens (tertiary/aromatic N) is 2. The lowest BCUT2D eigenvalue weighted by atomic mass is 10.1. The molecule has 2 aromatic rings. The minimum atomic E-state index is 0.00491. The molecule has 2 aliphatic rings. The van der Waals surface area contributed by atoms with Crippen LogP contribution in [0.1, 0.15) is 63.0 Å². The Bertz CT molecular complexity index is 1070. The number of nitrogen functional groups attached to an aromatic ring is 1. The maximum Gasteiger partial charge on any atom is 0.318 e. The van der Waals surface area contributed by atoms with E-state index in [1.807, 2.05) is 36.0 Å². The molecule has 1 aromatic heterocycles. The maximum absolute atomic E-state index is 12.0. The van der Waals surface area contributed by atoms with Crippen molar-refractivity contribution in [3.63, 3.8) is 0 Å². The van der Waals surface area contributed by atoms with E-state index in [1.54, 1.807) is 12.3 Å². The third kappa shape index (κ3) is 11.7. The van der Waals surface area contributed by atoms with Crippen LogP contribution in [-0.2, 0) is 22.7 Å². The Labute approximate surface area is 240 Å². The molecule has 11 nitrogen and oxygen atoms in total. The number of aromatic nitrogens is 2. The first-order valence-electron chi connectivity index (χ1n) is 13.9. The van der Waals surface area contributed by atoms with Gasteiger partial charge in [-0.1, -0.05) is 44.0 Å². The zero-order valence-corrected chi connectivity index (χ0v) is 23.9. The highest BCUT2D eigenvalue weighted by Gasteiger charge is 2.35. The maximum atomic E-state index is 12.0. The largest absolute Gasteiger partial charge is 0.459 e. The van der Waals surface area contributed by atoms with Gasteiger partial charge in [0, 0.05) is 43.6 Å². The smallest absolute Gasteiger partial charge is 0.318 e. The van der Waals surface area contributed by atoms with E-state index in [0.29, 0.717) is 50.4 Å². The van der Waals surface area contributed by atoms with Crippen molar-refractivity contribution in [2.45, 2.75) is 77.1 Å². The number of fused-ring (bicyclic) bond motifs is 1. The lowest BCUT2D eigenvalue weighted by Gasteiger charge is -2.08. The van der Waals surface area contributed by atoms with Crippen molar-refractivity contribution in [2.75, 3.05) is 23.8 Å². The quantitative estimate of drug-likeness (QED) is 0.171. The van der Waals surface area contributed by atoms with Gasteiger partial charge in [-0.25, -0.2) is 9.78 Å². The zero-order valence-electron chi connectivity index (χ0n) is 23.1. The standard InChI is InChI=1S/C23H33N5O3.C5H8N2OS/c1-2-3-7-21(29)25-14-6-4-5-8-22(30)27-16-18-9-11-19(12-10-18)17-31-23-26-15-13-20(24)28-23;8-5-6-3-1-9-2-4(3)7-5/h9-13,15H,2-8,14,16-17H2,1H3,(H,25,29)(H,27,30)(H2,24,26,28);3-4H,1-2H2,(H2,6,7,8). The summed E-state index contributed by atoms with van der Waals surface area (Å²) in [6, 6.07) is 10.5. The molecule has 2 saturated heterocycles. The zero-order chi connectivity index (χ0) is 28.6. The number of amides is 4. The predicted octanol–water partition coefficient (Wildman–Crippen LogP) is 2.90. The van der Waals surface area contributed by atoms with Gasteiger partial charge in [0.15, 0.2) is 0 Å². The summed E-state index contributed by atoms with van der Waals surface area (Å²) in [5, 5.41) is 11.5. The van der Waals surface area contributed by atoms with Gasteiger partial charge in [0.1, 0.15) is 12.4 Å². The molecule has 2 atom stereocenters. The molecule has 0 saturated carbocycles. The molecule has 6 N–H and O–H groups in total. The van der Waals surface area contributed by atoms with Crippen LogP contribution in [0.4, 0.5) is 10.6 Å². The lowest BCUT2D eigenvalue weighted by Crippen LogP contribution is -2.31. The predicted molar refractivity (Wildman–Crippen MR) is 157 cm³/mol. The molecular formula is C28H41N7O4S. The van der Waals surface area contributed by atoms with E-state index in [1.165, 1.54) is 0 Å². The summed E-state index contributed by atoms with van der Waals surface area (Å²) in [6.07, 6.45) is 7.25. The Balaban J connectivity index is 0.000000407. The van der Waals surface area contributed by atoms with Gasteiger partial charge >= 0.3 is 12.0 Å². The van der Waals surface area contributed by atoms with Crippen molar-refractivity contribution in [3.05, 3.63) is 47.7 Å². The van der Waals surface area contributed by atoms with Gasteiger partial charge in [0.2, 0.25) is 11.8 Å². The first kappa shape index (κ1) is 31.0. The number of unbranched alkanes of at least 4 members (excludes halogenated alkanes) is 3. The van der Waals surface area contributed by atoms with E-state index in [0.717, 1.165) is 54.7 Å². The summed E-state index contributed by atoms with van der Waals surface area (Å²) in [4.78, 5) is 42.1. The Morgan fingerprint density at radius 1 is 0.975 bits per heavy atom. The summed E-state index contributed by atoms with van der Waals surface area (Å²) in [5.74, 6) is 2.67. The Hall–Kier alpha value is -3.54. The third-order valence-electron chi connectivity index (χ3n) is 6.41. The second-order valence-electron chi connectivity index (χ2n) is 9.78. The Morgan fingerprint density at radius 3 is 2.35 bits per heavy atom. The van der Waals surface area contributed by atoms with E-state index < -0.39 is 0 Å². The van der Waals surface area contributed by atoms with Gasteiger partial charge in [0.25, 0.3) is 0 Å². The van der Waals surface area contributed by atoms with Crippen molar-refractivity contribution in [1.82, 2.24) is 31.2 Å². The SMILES string of the molecule is CCCCC(=O)NCCCCCC(=O)NCc1ccc(COc2nccc(N)n2)cc1.O=C1NC2CSCC2N1. The van der Waals surface area contributed by atoms with Crippen LogP contribution in [0.3, 0.4) is 0 Å². The van der Waals surface area contributed by atoms with Gasteiger partial charge in [0.05, 0.1) is 12.1 Å². The van der Waals surface area contributed by atoms with E-state index in [-0.39, 0.29) is 23.9 Å². The molecule has 0 spiro atoms. The molecule has 0 bridgehead atoms. The molecule has 0 radical (unpaired) electrons. The molecular weight excluding hydrogens is 530 g/mol. The molecule has 2 fully saturated rings. The molecule has 1 aromatic carbocycles. The van der Waals surface area contributed by atoms with Gasteiger partial charge in [-0.3, -0.25) is 9.59 Å². The van der Waals surface area contributed by atoms with E-state index in [2.05, 4.69) is 38.2 Å². The number of hydrogen-bond donors (Lipinski definition) is 5. The van der Waals surface area contributed by atoms with Gasteiger partial charge in [-0.05, 0) is 36.5 Å². The van der Waals surface area contributed by atoms with Crippen LogP contribution in [0.25, 0.3) is 0 Å². The summed E-state index contributed by atoms with van der Waals surface area (Å²) in [5.41, 5.74) is 7.60. The highest BCUT2D eigenvalue weighted by Crippen LogP contribution is 2.20. The molecule has 4 amide bonds. The number of urea groups is 1. The fourth-order valence-electron chi connectivity index (χ4n) is 4.07. The van der Waals surface area contributed by atoms with Crippen LogP contribution in [0.2, 0.25) is 0 Å². The number of rotatable bonds is 14. The van der Waals surface area contributed by atoms with Crippen LogP contribution in [0.5, 0.6) is 6.01 Å². The highest BCUT2D eigenvalue weighted by molar-refractivity contribution is 7.99. The van der Waals surface area contributed by atoms with Crippen molar-refractivity contribution in [2.24, 2.45) is 0 Å². The average molecular weight is 572 g/mol. The van der Waals surface area contributed by atoms with Gasteiger partial charge in [-0.2, -0.15) is 16.7 Å². The molecule has 2 aliphatic heterocycles. The number of hydrogen-bond acceptors (Lipinski definition) is 8. The van der Waals surface area contributed by atoms with Gasteiger partial charge < -0.3 is 31.7 Å². The summed E-state index contributed by atoms with van der Waals surface area (Å²) < 4.78 is 5.52. The molecule has 3 heterocycles. The van der Waals surface area contributed by atoms with Crippen molar-refractivity contribution < 1.29 is 19.1 Å². The lowest BCUT2D eigenvalue weighted by molar-refractivity contribution is -0.122. The van der Waals surface area contributed by atoms with Crippen LogP contribution in [-0.4, -0.2) is 57.9 Å². The van der Waals surface area contributed by atoms with E-state index in [4.69, 9.17) is 10.5 Å². The number of benzene rings is 1. The summed E-state index contributed by atoms with van der Waals surface area (Å²) in [6.45, 7) is 3.59. The molecule has 4 rings (SSSR count). The van der Waals surface area contributed by atoms with Crippen molar-refractivity contribution in [3.8, 4) is 6.01 Å². The number of thioether (sulfide) groups is 1. The minimum Gasteiger partial charge on any atom is -0.459 e. The van der Waals surface area contributed by atoms with Gasteiger partial charge in [-0.15, -0.1) is 0 Å². The average Bonchev–Trinajstić information content (AvgIpc) is 3.53. The second-order valence-corrected chi connectivity index (χ2v) is 10.9. The summed E-state index contributed by atoms with van der Waals surface area (Å²) >= 11 is 1.89. The minimum absolute atomic E-state index is 0.00491. The number of nitrogens with one attached hydrogen (secondary N) is 4. The van der Waals surface area contributed by atoms with E-state index in [9.17, 15) is 14.4 Å². The van der Waals surface area contributed by atoms with Crippen LogP contribution < -0.4 is 31.7 Å². The van der Waals surface area contributed by atoms with Crippen LogP contribution in [0, 0.1) is 0 Å². The highest BCUT2D eigenvalue weighted by atomic mass is 32.2. The van der Waals surface area contributed by atoms with E-state index >= 15 is 0 Å². The fourth-order valence-corrected chi connectivity index (χ4v) is 5.35.